The second kappa shape index (κ2) is 6.17. The number of hydrogen-bond donors (Lipinski definition) is 0. The zero-order valence-corrected chi connectivity index (χ0v) is 12.4. The van der Waals surface area contributed by atoms with E-state index in [1.807, 2.05) is 12.4 Å². The van der Waals surface area contributed by atoms with E-state index in [0.717, 1.165) is 24.1 Å². The van der Waals surface area contributed by atoms with Crippen molar-refractivity contribution in [3.63, 3.8) is 0 Å². The van der Waals surface area contributed by atoms with Crippen LogP contribution in [0.2, 0.25) is 0 Å². The lowest BCUT2D eigenvalue weighted by Crippen LogP contribution is -2.35. The molecule has 0 saturated carbocycles. The van der Waals surface area contributed by atoms with E-state index in [4.69, 9.17) is 11.6 Å². The third-order valence-corrected chi connectivity index (χ3v) is 4.24. The predicted octanol–water partition coefficient (Wildman–Crippen LogP) is 3.68. The fraction of sp³-hybridized carbons (Fsp3) is 0.615. The first-order valence-electron chi connectivity index (χ1n) is 6.11. The summed E-state index contributed by atoms with van der Waals surface area (Å²) in [6.45, 7) is 5.40. The van der Waals surface area contributed by atoms with Gasteiger partial charge in [0.15, 0.2) is 0 Å². The molecule has 0 bridgehead atoms. The summed E-state index contributed by atoms with van der Waals surface area (Å²) >= 11 is 9.61. The Balaban J connectivity index is 1.86. The molecule has 1 aromatic rings. The van der Waals surface area contributed by atoms with Gasteiger partial charge in [0.2, 0.25) is 0 Å². The highest BCUT2D eigenvalue weighted by atomic mass is 79.9. The van der Waals surface area contributed by atoms with Crippen molar-refractivity contribution in [2.75, 3.05) is 13.1 Å². The molecule has 2 nitrogen and oxygen atoms in total. The Morgan fingerprint density at radius 2 is 2.18 bits per heavy atom. The minimum atomic E-state index is 0.310. The molecule has 1 aromatic heterocycles. The van der Waals surface area contributed by atoms with Gasteiger partial charge in [-0.25, -0.2) is 0 Å². The highest BCUT2D eigenvalue weighted by Gasteiger charge is 2.22. The second-order valence-electron chi connectivity index (χ2n) is 4.80. The number of rotatable bonds is 3. The van der Waals surface area contributed by atoms with Gasteiger partial charge >= 0.3 is 0 Å². The Bertz CT molecular complexity index is 362. The molecule has 1 aliphatic heterocycles. The number of piperidine rings is 1. The van der Waals surface area contributed by atoms with E-state index in [1.165, 1.54) is 18.4 Å². The molecule has 4 heteroatoms. The van der Waals surface area contributed by atoms with Gasteiger partial charge in [-0.2, -0.15) is 0 Å². The van der Waals surface area contributed by atoms with E-state index in [-0.39, 0.29) is 0 Å². The molecule has 0 aromatic carbocycles. The normalized spacial score (nSPS) is 20.4. The Morgan fingerprint density at radius 3 is 2.76 bits per heavy atom. The van der Waals surface area contributed by atoms with Crippen LogP contribution >= 0.6 is 27.5 Å². The lowest BCUT2D eigenvalue weighted by molar-refractivity contribution is 0.176. The van der Waals surface area contributed by atoms with Crippen molar-refractivity contribution in [2.45, 2.75) is 31.7 Å². The summed E-state index contributed by atoms with van der Waals surface area (Å²) < 4.78 is 1.05. The zero-order chi connectivity index (χ0) is 12.3. The van der Waals surface area contributed by atoms with Crippen LogP contribution in [0, 0.1) is 5.92 Å². The first kappa shape index (κ1) is 13.3. The second-order valence-corrected chi connectivity index (χ2v) is 6.41. The molecule has 94 valence electrons. The van der Waals surface area contributed by atoms with Crippen molar-refractivity contribution in [1.82, 2.24) is 9.88 Å². The van der Waals surface area contributed by atoms with Crippen LogP contribution in [-0.2, 0) is 6.54 Å². The largest absolute Gasteiger partial charge is 0.299 e. The minimum Gasteiger partial charge on any atom is -0.299 e. The monoisotopic (exact) mass is 316 g/mol. The average molecular weight is 318 g/mol. The Labute approximate surface area is 116 Å². The maximum atomic E-state index is 6.15. The third-order valence-electron chi connectivity index (χ3n) is 3.45. The fourth-order valence-electron chi connectivity index (χ4n) is 2.37. The number of hydrogen-bond acceptors (Lipinski definition) is 2. The van der Waals surface area contributed by atoms with Crippen LogP contribution in [-0.4, -0.2) is 28.4 Å². The molecule has 0 N–H and O–H groups in total. The van der Waals surface area contributed by atoms with E-state index >= 15 is 0 Å². The minimum absolute atomic E-state index is 0.310. The molecule has 0 aliphatic carbocycles. The summed E-state index contributed by atoms with van der Waals surface area (Å²) in [4.78, 5) is 6.68. The molecule has 1 saturated heterocycles. The molecule has 2 rings (SSSR count). The number of nitrogens with zero attached hydrogens (tertiary/aromatic N) is 2. The number of likely N-dealkylation sites (tertiary alicyclic amines) is 1. The number of aromatic nitrogens is 1. The number of alkyl halides is 1. The lowest BCUT2D eigenvalue weighted by Gasteiger charge is -2.33. The SMILES string of the molecule is CC(Cl)C1CCN(Cc2cncc(Br)c2)CC1. The Kier molecular flexibility index (Phi) is 4.83. The van der Waals surface area contributed by atoms with Gasteiger partial charge in [0, 0.05) is 28.8 Å². The number of pyridine rings is 1. The molecule has 0 amide bonds. The van der Waals surface area contributed by atoms with Crippen molar-refractivity contribution in [1.29, 1.82) is 0 Å². The maximum Gasteiger partial charge on any atom is 0.0410 e. The molecule has 0 radical (unpaired) electrons. The van der Waals surface area contributed by atoms with Gasteiger partial charge in [0.05, 0.1) is 0 Å². The van der Waals surface area contributed by atoms with Crippen LogP contribution in [0.5, 0.6) is 0 Å². The first-order valence-corrected chi connectivity index (χ1v) is 7.34. The van der Waals surface area contributed by atoms with Crippen molar-refractivity contribution >= 4 is 27.5 Å². The van der Waals surface area contributed by atoms with Crippen LogP contribution < -0.4 is 0 Å². The molecule has 1 fully saturated rings. The van der Waals surface area contributed by atoms with E-state index in [2.05, 4.69) is 38.8 Å². The summed E-state index contributed by atoms with van der Waals surface area (Å²) in [5.41, 5.74) is 1.27. The van der Waals surface area contributed by atoms with Crippen LogP contribution in [0.15, 0.2) is 22.9 Å². The summed E-state index contributed by atoms with van der Waals surface area (Å²) in [5.74, 6) is 0.688. The standard InChI is InChI=1S/C13H18BrClN2/c1-10(15)12-2-4-17(5-3-12)9-11-6-13(14)8-16-7-11/h6-8,10,12H,2-5,9H2,1H3. The van der Waals surface area contributed by atoms with Crippen molar-refractivity contribution in [3.05, 3.63) is 28.5 Å². The van der Waals surface area contributed by atoms with Crippen molar-refractivity contribution in [3.8, 4) is 0 Å². The van der Waals surface area contributed by atoms with Crippen LogP contribution in [0.3, 0.4) is 0 Å². The van der Waals surface area contributed by atoms with Crippen molar-refractivity contribution in [2.24, 2.45) is 5.92 Å². The van der Waals surface area contributed by atoms with Crippen LogP contribution in [0.4, 0.5) is 0 Å². The average Bonchev–Trinajstić information content (AvgIpc) is 2.29. The first-order chi connectivity index (χ1) is 8.15. The zero-order valence-electron chi connectivity index (χ0n) is 10.1. The smallest absolute Gasteiger partial charge is 0.0410 e. The summed E-state index contributed by atoms with van der Waals surface area (Å²) in [5, 5.41) is 0.310. The molecule has 1 atom stereocenters. The predicted molar refractivity (Wildman–Crippen MR) is 75.3 cm³/mol. The molecule has 0 spiro atoms. The van der Waals surface area contributed by atoms with Gasteiger partial charge in [-0.1, -0.05) is 0 Å². The van der Waals surface area contributed by atoms with Gasteiger partial charge in [0.1, 0.15) is 0 Å². The lowest BCUT2D eigenvalue weighted by atomic mass is 9.94. The summed E-state index contributed by atoms with van der Waals surface area (Å²) in [7, 11) is 0. The highest BCUT2D eigenvalue weighted by molar-refractivity contribution is 9.10. The van der Waals surface area contributed by atoms with Gasteiger partial charge in [-0.3, -0.25) is 9.88 Å². The van der Waals surface area contributed by atoms with E-state index in [0.29, 0.717) is 11.3 Å². The fourth-order valence-corrected chi connectivity index (χ4v) is 3.04. The number of halogens is 2. The van der Waals surface area contributed by atoms with Crippen LogP contribution in [0.1, 0.15) is 25.3 Å². The van der Waals surface area contributed by atoms with E-state index in [1.54, 1.807) is 0 Å². The summed E-state index contributed by atoms with van der Waals surface area (Å²) in [6.07, 6.45) is 6.20. The van der Waals surface area contributed by atoms with Gasteiger partial charge in [-0.15, -0.1) is 11.6 Å². The van der Waals surface area contributed by atoms with E-state index in [9.17, 15) is 0 Å². The topological polar surface area (TPSA) is 16.1 Å². The molecule has 2 heterocycles. The molecular formula is C13H18BrClN2. The van der Waals surface area contributed by atoms with Crippen molar-refractivity contribution < 1.29 is 0 Å². The third kappa shape index (κ3) is 3.94. The Morgan fingerprint density at radius 1 is 1.47 bits per heavy atom. The molecule has 17 heavy (non-hydrogen) atoms. The maximum absolute atomic E-state index is 6.15. The van der Waals surface area contributed by atoms with E-state index < -0.39 is 0 Å². The van der Waals surface area contributed by atoms with Gasteiger partial charge < -0.3 is 0 Å². The Hall–Kier alpha value is -0.120. The summed E-state index contributed by atoms with van der Waals surface area (Å²) in [6, 6.07) is 2.14. The quantitative estimate of drug-likeness (QED) is 0.791. The van der Waals surface area contributed by atoms with Gasteiger partial charge in [-0.05, 0) is 66.3 Å². The molecular weight excluding hydrogens is 300 g/mol. The molecule has 1 aliphatic rings. The van der Waals surface area contributed by atoms with Gasteiger partial charge in [0.25, 0.3) is 0 Å². The molecule has 1 unspecified atom stereocenters. The van der Waals surface area contributed by atoms with Crippen LogP contribution in [0.25, 0.3) is 0 Å². The highest BCUT2D eigenvalue weighted by Crippen LogP contribution is 2.24.